The molecule has 0 spiro atoms. The van der Waals surface area contributed by atoms with Crippen molar-refractivity contribution in [1.82, 2.24) is 9.55 Å². The summed E-state index contributed by atoms with van der Waals surface area (Å²) >= 11 is 0. The molecule has 0 aromatic carbocycles. The van der Waals surface area contributed by atoms with E-state index in [1.54, 1.807) is 0 Å². The van der Waals surface area contributed by atoms with Gasteiger partial charge in [-0.3, -0.25) is 14.3 Å². The predicted octanol–water partition coefficient (Wildman–Crippen LogP) is -2.87. The van der Waals surface area contributed by atoms with E-state index in [9.17, 15) is 24.9 Å². The van der Waals surface area contributed by atoms with Crippen molar-refractivity contribution in [3.63, 3.8) is 0 Å². The molecule has 1 saturated heterocycles. The van der Waals surface area contributed by atoms with Crippen molar-refractivity contribution in [2.24, 2.45) is 0 Å². The van der Waals surface area contributed by atoms with Gasteiger partial charge >= 0.3 is 5.69 Å². The summed E-state index contributed by atoms with van der Waals surface area (Å²) in [6.45, 7) is -1.07. The number of hydrogen-bond acceptors (Lipinski definition) is 7. The fraction of sp³-hybridized carbons (Fsp3) is 0.500. The lowest BCUT2D eigenvalue weighted by Gasteiger charge is -2.28. The van der Waals surface area contributed by atoms with Crippen molar-refractivity contribution in [2.75, 3.05) is 13.2 Å². The van der Waals surface area contributed by atoms with Crippen LogP contribution in [0.2, 0.25) is 0 Å². The molecule has 4 atom stereocenters. The standard InChI is InChI=1S/C12H14N2O7/c1-2-5-20-12(6-15)9(18)8(17)10(21-12)14-4-3-7(16)13-11(14)19/h1,3-4,8-10,15,17-18H,5-6H2,(H,13,16,19). The number of terminal acetylenes is 1. The first-order valence-corrected chi connectivity index (χ1v) is 5.99. The summed E-state index contributed by atoms with van der Waals surface area (Å²) in [7, 11) is 0. The first kappa shape index (κ1) is 15.4. The molecule has 114 valence electrons. The molecule has 1 fully saturated rings. The molecule has 1 aliphatic heterocycles. The summed E-state index contributed by atoms with van der Waals surface area (Å²) in [6.07, 6.45) is 1.57. The Hall–Kier alpha value is -1.96. The summed E-state index contributed by atoms with van der Waals surface area (Å²) in [5, 5.41) is 29.4. The highest BCUT2D eigenvalue weighted by Crippen LogP contribution is 2.37. The van der Waals surface area contributed by atoms with Crippen LogP contribution in [0.1, 0.15) is 6.23 Å². The maximum atomic E-state index is 11.7. The summed E-state index contributed by atoms with van der Waals surface area (Å²) in [6, 6.07) is 1.05. The zero-order valence-corrected chi connectivity index (χ0v) is 10.8. The highest BCUT2D eigenvalue weighted by molar-refractivity contribution is 4.98. The molecule has 4 unspecified atom stereocenters. The summed E-state index contributed by atoms with van der Waals surface area (Å²) in [5.41, 5.74) is -1.47. The van der Waals surface area contributed by atoms with Crippen LogP contribution in [0.4, 0.5) is 0 Å². The Balaban J connectivity index is 2.37. The van der Waals surface area contributed by atoms with E-state index in [2.05, 4.69) is 5.92 Å². The molecule has 2 rings (SSSR count). The fourth-order valence-corrected chi connectivity index (χ4v) is 2.07. The molecule has 0 bridgehead atoms. The lowest BCUT2D eigenvalue weighted by atomic mass is 10.1. The van der Waals surface area contributed by atoms with Crippen molar-refractivity contribution < 1.29 is 24.8 Å². The molecular weight excluding hydrogens is 284 g/mol. The van der Waals surface area contributed by atoms with Gasteiger partial charge in [0.05, 0.1) is 0 Å². The second-order valence-corrected chi connectivity index (χ2v) is 4.42. The monoisotopic (exact) mass is 298 g/mol. The smallest absolute Gasteiger partial charge is 0.330 e. The highest BCUT2D eigenvalue weighted by Gasteiger charge is 2.56. The second-order valence-electron chi connectivity index (χ2n) is 4.42. The first-order chi connectivity index (χ1) is 9.95. The number of aliphatic hydroxyl groups excluding tert-OH is 3. The minimum atomic E-state index is -1.95. The average molecular weight is 298 g/mol. The van der Waals surface area contributed by atoms with Crippen LogP contribution in [0.25, 0.3) is 0 Å². The molecule has 4 N–H and O–H groups in total. The van der Waals surface area contributed by atoms with Gasteiger partial charge < -0.3 is 24.8 Å². The van der Waals surface area contributed by atoms with Crippen LogP contribution in [-0.2, 0) is 9.47 Å². The van der Waals surface area contributed by atoms with E-state index < -0.39 is 42.1 Å². The van der Waals surface area contributed by atoms with Gasteiger partial charge in [-0.25, -0.2) is 4.79 Å². The number of nitrogens with one attached hydrogen (secondary N) is 1. The van der Waals surface area contributed by atoms with Crippen molar-refractivity contribution in [2.45, 2.75) is 24.2 Å². The number of nitrogens with zero attached hydrogens (tertiary/aromatic N) is 1. The van der Waals surface area contributed by atoms with E-state index in [4.69, 9.17) is 15.9 Å². The average Bonchev–Trinajstić information content (AvgIpc) is 2.71. The predicted molar refractivity (Wildman–Crippen MR) is 68.1 cm³/mol. The first-order valence-electron chi connectivity index (χ1n) is 5.99. The third-order valence-electron chi connectivity index (χ3n) is 3.13. The van der Waals surface area contributed by atoms with Crippen LogP contribution >= 0.6 is 0 Å². The molecule has 1 aromatic heterocycles. The van der Waals surface area contributed by atoms with Gasteiger partial charge in [-0.15, -0.1) is 6.42 Å². The zero-order valence-electron chi connectivity index (χ0n) is 10.8. The molecule has 9 heteroatoms. The van der Waals surface area contributed by atoms with E-state index in [-0.39, 0.29) is 6.61 Å². The van der Waals surface area contributed by atoms with Crippen LogP contribution in [-0.4, -0.2) is 56.1 Å². The Morgan fingerprint density at radius 2 is 2.24 bits per heavy atom. The van der Waals surface area contributed by atoms with E-state index in [1.165, 1.54) is 0 Å². The van der Waals surface area contributed by atoms with Gasteiger partial charge in [0.2, 0.25) is 5.79 Å². The molecule has 21 heavy (non-hydrogen) atoms. The van der Waals surface area contributed by atoms with Gasteiger partial charge in [0.1, 0.15) is 25.4 Å². The Morgan fingerprint density at radius 1 is 1.52 bits per heavy atom. The van der Waals surface area contributed by atoms with Gasteiger partial charge in [0.15, 0.2) is 6.23 Å². The van der Waals surface area contributed by atoms with Gasteiger partial charge in [-0.05, 0) is 0 Å². The second kappa shape index (κ2) is 5.80. The van der Waals surface area contributed by atoms with E-state index >= 15 is 0 Å². The van der Waals surface area contributed by atoms with Crippen LogP contribution in [0.15, 0.2) is 21.9 Å². The number of ether oxygens (including phenoxy) is 2. The van der Waals surface area contributed by atoms with Gasteiger partial charge in [-0.1, -0.05) is 5.92 Å². The number of aromatic nitrogens is 2. The Labute approximate surface area is 118 Å². The zero-order chi connectivity index (χ0) is 15.6. The van der Waals surface area contributed by atoms with Crippen LogP contribution in [0.3, 0.4) is 0 Å². The topological polar surface area (TPSA) is 134 Å². The Morgan fingerprint density at radius 3 is 2.81 bits per heavy atom. The highest BCUT2D eigenvalue weighted by atomic mass is 16.7. The maximum Gasteiger partial charge on any atom is 0.330 e. The minimum Gasteiger partial charge on any atom is -0.391 e. The van der Waals surface area contributed by atoms with E-state index in [0.29, 0.717) is 0 Å². The molecule has 2 heterocycles. The largest absolute Gasteiger partial charge is 0.391 e. The minimum absolute atomic E-state index is 0.280. The van der Waals surface area contributed by atoms with Crippen molar-refractivity contribution in [3.05, 3.63) is 33.1 Å². The molecule has 0 saturated carbocycles. The van der Waals surface area contributed by atoms with E-state index in [0.717, 1.165) is 16.8 Å². The quantitative estimate of drug-likeness (QED) is 0.439. The number of rotatable bonds is 4. The van der Waals surface area contributed by atoms with Crippen LogP contribution < -0.4 is 11.2 Å². The maximum absolute atomic E-state index is 11.7. The summed E-state index contributed by atoms with van der Waals surface area (Å²) in [4.78, 5) is 24.7. The molecule has 0 radical (unpaired) electrons. The van der Waals surface area contributed by atoms with Crippen molar-refractivity contribution in [1.29, 1.82) is 0 Å². The SMILES string of the molecule is C#CCOC1(CO)OC(n2ccc(=O)[nH]c2=O)C(O)C1O. The van der Waals surface area contributed by atoms with Gasteiger partial charge in [0.25, 0.3) is 5.56 Å². The lowest BCUT2D eigenvalue weighted by Crippen LogP contribution is -2.48. The van der Waals surface area contributed by atoms with Crippen LogP contribution in [0.5, 0.6) is 0 Å². The van der Waals surface area contributed by atoms with Crippen molar-refractivity contribution >= 4 is 0 Å². The van der Waals surface area contributed by atoms with Gasteiger partial charge in [-0.2, -0.15) is 0 Å². The fourth-order valence-electron chi connectivity index (χ4n) is 2.07. The van der Waals surface area contributed by atoms with E-state index in [1.807, 2.05) is 4.98 Å². The third-order valence-corrected chi connectivity index (χ3v) is 3.13. The molecule has 9 nitrogen and oxygen atoms in total. The number of hydrogen-bond donors (Lipinski definition) is 4. The molecule has 1 aromatic rings. The third kappa shape index (κ3) is 2.63. The number of aromatic amines is 1. The summed E-state index contributed by atoms with van der Waals surface area (Å²) in [5.74, 6) is 0.188. The molecular formula is C12H14N2O7. The Kier molecular flexibility index (Phi) is 4.26. The molecule has 1 aliphatic rings. The van der Waals surface area contributed by atoms with Crippen molar-refractivity contribution in [3.8, 4) is 12.3 Å². The Bertz CT molecular complexity index is 661. The number of H-pyrrole nitrogens is 1. The molecule has 0 aliphatic carbocycles. The van der Waals surface area contributed by atoms with Crippen LogP contribution in [0, 0.1) is 12.3 Å². The molecule has 0 amide bonds. The lowest BCUT2D eigenvalue weighted by molar-refractivity contribution is -0.276. The number of aliphatic hydroxyl groups is 3. The normalized spacial score (nSPS) is 32.0. The summed E-state index contributed by atoms with van der Waals surface area (Å²) < 4.78 is 11.3. The van der Waals surface area contributed by atoms with Gasteiger partial charge in [0, 0.05) is 12.3 Å².